The molecular weight excluding hydrogens is 961 g/mol. The Kier molecular flexibility index (Phi) is 14.4. The van der Waals surface area contributed by atoms with E-state index < -0.39 is 19.7 Å². The molecule has 2 heterocycles. The van der Waals surface area contributed by atoms with Gasteiger partial charge in [0.05, 0.1) is 30.7 Å². The Morgan fingerprint density at radius 3 is 1.27 bits per heavy atom. The molecule has 4 fully saturated rings. The molecule has 0 radical (unpaired) electrons. The highest BCUT2D eigenvalue weighted by Crippen LogP contribution is 2.65. The van der Waals surface area contributed by atoms with Crippen LogP contribution < -0.4 is 9.80 Å². The molecule has 0 amide bonds. The van der Waals surface area contributed by atoms with E-state index in [-0.39, 0.29) is 30.7 Å². The van der Waals surface area contributed by atoms with E-state index in [9.17, 15) is 16.8 Å². The Balaban J connectivity index is 0.991. The van der Waals surface area contributed by atoms with Gasteiger partial charge in [-0.1, -0.05) is 176 Å². The highest BCUT2D eigenvalue weighted by atomic mass is 32.2. The Morgan fingerprint density at radius 1 is 0.333 bits per heavy atom. The summed E-state index contributed by atoms with van der Waals surface area (Å²) in [5.41, 5.74) is 9.84. The highest BCUT2D eigenvalue weighted by Gasteiger charge is 2.59. The second kappa shape index (κ2) is 21.3. The average Bonchev–Trinajstić information content (AvgIpc) is 4.10. The summed E-state index contributed by atoms with van der Waals surface area (Å²) in [7, 11) is -8.11. The van der Waals surface area contributed by atoms with Gasteiger partial charge in [0.25, 0.3) is 0 Å². The number of sulfone groups is 2. The molecule has 2 aliphatic heterocycles. The van der Waals surface area contributed by atoms with E-state index in [0.29, 0.717) is 29.2 Å². The minimum absolute atomic E-state index is 0.0410. The van der Waals surface area contributed by atoms with E-state index in [1.165, 1.54) is 188 Å². The van der Waals surface area contributed by atoms with Crippen LogP contribution in [0, 0.1) is 11.8 Å². The van der Waals surface area contributed by atoms with Gasteiger partial charge in [-0.3, -0.25) is 0 Å². The maximum atomic E-state index is 14.3. The van der Waals surface area contributed by atoms with Crippen LogP contribution >= 0.6 is 0 Å². The zero-order valence-electron chi connectivity index (χ0n) is 44.2. The summed E-state index contributed by atoms with van der Waals surface area (Å²) in [5, 5.41) is 0. The van der Waals surface area contributed by atoms with Crippen molar-refractivity contribution in [2.75, 3.05) is 9.80 Å². The summed E-state index contributed by atoms with van der Waals surface area (Å²) in [6, 6.07) is 47.4. The van der Waals surface area contributed by atoms with Crippen molar-refractivity contribution in [1.82, 2.24) is 0 Å². The third-order valence-corrected chi connectivity index (χ3v) is 23.1. The van der Waals surface area contributed by atoms with Gasteiger partial charge in [0, 0.05) is 34.6 Å². The molecule has 4 unspecified atom stereocenters. The zero-order chi connectivity index (χ0) is 51.0. The van der Waals surface area contributed by atoms with Crippen LogP contribution in [-0.4, -0.2) is 27.9 Å². The summed E-state index contributed by atoms with van der Waals surface area (Å²) in [6.07, 6.45) is 32.6. The number of hydrogen-bond donors (Lipinski definition) is 0. The minimum atomic E-state index is -4.06. The molecule has 0 N–H and O–H groups in total. The molecule has 6 aromatic carbocycles. The van der Waals surface area contributed by atoms with Crippen LogP contribution in [0.15, 0.2) is 165 Å². The normalized spacial score (nSPS) is 25.2. The minimum Gasteiger partial charge on any atom is -0.334 e. The van der Waals surface area contributed by atoms with Gasteiger partial charge in [-0.25, -0.2) is 16.8 Å². The molecule has 0 aromatic heterocycles. The van der Waals surface area contributed by atoms with E-state index >= 15 is 0 Å². The molecule has 75 heavy (non-hydrogen) atoms. The molecule has 0 spiro atoms. The van der Waals surface area contributed by atoms with E-state index in [1.807, 2.05) is 0 Å². The molecule has 4 saturated carbocycles. The van der Waals surface area contributed by atoms with E-state index in [2.05, 4.69) is 76.5 Å². The van der Waals surface area contributed by atoms with Crippen LogP contribution in [0.5, 0.6) is 0 Å². The molecule has 0 saturated heterocycles. The summed E-state index contributed by atoms with van der Waals surface area (Å²) < 4.78 is 57.4. The standard InChI is InChI=1S/C67H78N2O4S2/c70-74(71,56-30-16-10-17-31-56)58-46-51(47-59(49-58)75(72,73)57-32-18-11-19-33-57)50-38-40-54(41-39-50)68-65-43-42-55(48-61(65)63-36-23-25-45-67(63,68)53-28-14-8-4-5-9-15-29-53)69-64-37-21-20-34-60(64)62-35-22-24-44-66(62,69)52-26-12-6-2-1-3-7-13-27-52/h10-11,16-21,30-34,37-43,46-49,52-53,62-63H,1-9,12-15,22-29,35-36,44-45H2. The first-order chi connectivity index (χ1) is 36.7. The maximum Gasteiger partial charge on any atom is 0.206 e. The van der Waals surface area contributed by atoms with E-state index in [0.717, 1.165) is 12.0 Å². The number of para-hydroxylation sites is 1. The maximum absolute atomic E-state index is 14.3. The quantitative estimate of drug-likeness (QED) is 0.144. The van der Waals surface area contributed by atoms with Gasteiger partial charge >= 0.3 is 0 Å². The summed E-state index contributed by atoms with van der Waals surface area (Å²) in [6.45, 7) is 0. The molecule has 8 heteroatoms. The van der Waals surface area contributed by atoms with Crippen LogP contribution in [0.3, 0.4) is 0 Å². The molecule has 4 atom stereocenters. The second-order valence-electron chi connectivity index (χ2n) is 23.6. The van der Waals surface area contributed by atoms with Gasteiger partial charge in [0.15, 0.2) is 0 Å². The number of nitrogens with zero attached hydrogens (tertiary/aromatic N) is 2. The monoisotopic (exact) mass is 1040 g/mol. The smallest absolute Gasteiger partial charge is 0.206 e. The lowest BCUT2D eigenvalue weighted by Crippen LogP contribution is -2.54. The van der Waals surface area contributed by atoms with E-state index in [1.54, 1.807) is 78.4 Å². The fraction of sp³-hybridized carbons (Fsp3) is 0.463. The van der Waals surface area contributed by atoms with Crippen molar-refractivity contribution in [3.05, 3.63) is 157 Å². The number of rotatable bonds is 9. The molecule has 0 bridgehead atoms. The first-order valence-electron chi connectivity index (χ1n) is 29.4. The third kappa shape index (κ3) is 9.09. The van der Waals surface area contributed by atoms with Crippen LogP contribution in [0.25, 0.3) is 11.1 Å². The lowest BCUT2D eigenvalue weighted by atomic mass is 9.62. The van der Waals surface area contributed by atoms with Gasteiger partial charge in [-0.05, 0) is 164 Å². The average molecular weight is 1040 g/mol. The van der Waals surface area contributed by atoms with Crippen molar-refractivity contribution in [3.8, 4) is 11.1 Å². The summed E-state index contributed by atoms with van der Waals surface area (Å²) in [5.74, 6) is 2.17. The van der Waals surface area contributed by atoms with Crippen molar-refractivity contribution in [2.45, 2.75) is 203 Å². The van der Waals surface area contributed by atoms with Crippen molar-refractivity contribution in [1.29, 1.82) is 0 Å². The second-order valence-corrected chi connectivity index (χ2v) is 27.5. The predicted octanol–water partition coefficient (Wildman–Crippen LogP) is 18.0. The van der Waals surface area contributed by atoms with Crippen LogP contribution in [0.4, 0.5) is 22.7 Å². The molecular formula is C67H78N2O4S2. The molecule has 6 nitrogen and oxygen atoms in total. The fourth-order valence-corrected chi connectivity index (χ4v) is 19.0. The fourth-order valence-electron chi connectivity index (χ4n) is 16.2. The van der Waals surface area contributed by atoms with Gasteiger partial charge in [0.2, 0.25) is 19.7 Å². The van der Waals surface area contributed by atoms with E-state index in [4.69, 9.17) is 0 Å². The van der Waals surface area contributed by atoms with Crippen molar-refractivity contribution >= 4 is 42.4 Å². The molecule has 12 rings (SSSR count). The van der Waals surface area contributed by atoms with Gasteiger partial charge < -0.3 is 9.80 Å². The zero-order valence-corrected chi connectivity index (χ0v) is 45.8. The Hall–Kier alpha value is -5.18. The van der Waals surface area contributed by atoms with Crippen LogP contribution in [-0.2, 0) is 19.7 Å². The Labute approximate surface area is 449 Å². The largest absolute Gasteiger partial charge is 0.334 e. The number of anilines is 4. The number of hydrogen-bond acceptors (Lipinski definition) is 6. The van der Waals surface area contributed by atoms with Crippen molar-refractivity contribution < 1.29 is 16.8 Å². The highest BCUT2D eigenvalue weighted by molar-refractivity contribution is 7.92. The third-order valence-electron chi connectivity index (χ3n) is 19.6. The molecule has 4 aliphatic carbocycles. The van der Waals surface area contributed by atoms with Crippen LogP contribution in [0.1, 0.15) is 183 Å². The lowest BCUT2D eigenvalue weighted by Gasteiger charge is -2.52. The molecule has 392 valence electrons. The van der Waals surface area contributed by atoms with Gasteiger partial charge in [-0.2, -0.15) is 0 Å². The Morgan fingerprint density at radius 2 is 0.747 bits per heavy atom. The number of fused-ring (bicyclic) bond motifs is 6. The molecule has 6 aliphatic rings. The number of benzene rings is 6. The predicted molar refractivity (Wildman–Crippen MR) is 306 cm³/mol. The van der Waals surface area contributed by atoms with Gasteiger partial charge in [-0.15, -0.1) is 0 Å². The Bertz CT molecular complexity index is 3090. The summed E-state index contributed by atoms with van der Waals surface area (Å²) >= 11 is 0. The first-order valence-corrected chi connectivity index (χ1v) is 32.4. The van der Waals surface area contributed by atoms with Crippen molar-refractivity contribution in [2.24, 2.45) is 11.8 Å². The topological polar surface area (TPSA) is 74.8 Å². The van der Waals surface area contributed by atoms with Crippen molar-refractivity contribution in [3.63, 3.8) is 0 Å². The lowest BCUT2D eigenvalue weighted by molar-refractivity contribution is 0.151. The summed E-state index contributed by atoms with van der Waals surface area (Å²) in [4.78, 5) is 5.95. The van der Waals surface area contributed by atoms with Crippen LogP contribution in [0.2, 0.25) is 0 Å². The molecule has 6 aromatic rings. The SMILES string of the molecule is O=S(=O)(c1ccccc1)c1cc(-c2ccc(N3c4ccc(N5c6ccccc6C6CCCCC65C5CCCCCCCCC5)cc4C4CCCCC43C3CCCCCCCC3)cc2)cc(S(=O)(=O)c2ccccc2)c1. The van der Waals surface area contributed by atoms with Gasteiger partial charge in [0.1, 0.15) is 0 Å². The first kappa shape index (κ1) is 50.6.